The number of nitrogens with zero attached hydrogens (tertiary/aromatic N) is 3. The highest BCUT2D eigenvalue weighted by Crippen LogP contribution is 2.28. The minimum atomic E-state index is 0.921. The molecule has 1 aliphatic heterocycles. The van der Waals surface area contributed by atoms with Crippen molar-refractivity contribution in [2.45, 2.75) is 58.3 Å². The molecule has 1 heterocycles. The summed E-state index contributed by atoms with van der Waals surface area (Å²) in [5.41, 5.74) is 0. The summed E-state index contributed by atoms with van der Waals surface area (Å²) >= 11 is 0. The summed E-state index contributed by atoms with van der Waals surface area (Å²) in [6.07, 6.45) is 10.9. The summed E-state index contributed by atoms with van der Waals surface area (Å²) in [5.74, 6) is 2.00. The van der Waals surface area contributed by atoms with Gasteiger partial charge in [-0.15, -0.1) is 0 Å². The molecule has 0 aromatic heterocycles. The van der Waals surface area contributed by atoms with E-state index in [0.717, 1.165) is 37.9 Å². The Morgan fingerprint density at radius 2 is 1.84 bits per heavy atom. The largest absolute Gasteiger partial charge is 0.357 e. The minimum absolute atomic E-state index is 0.921. The third-order valence-electron chi connectivity index (χ3n) is 5.62. The van der Waals surface area contributed by atoms with Crippen molar-refractivity contribution >= 4 is 5.96 Å². The van der Waals surface area contributed by atoms with E-state index in [-0.39, 0.29) is 0 Å². The molecule has 0 unspecified atom stereocenters. The number of guanidine groups is 1. The number of aliphatic imine (C=N–C) groups is 1. The highest BCUT2D eigenvalue weighted by molar-refractivity contribution is 5.79. The molecule has 2 N–H and O–H groups in total. The van der Waals surface area contributed by atoms with Gasteiger partial charge < -0.3 is 20.4 Å². The quantitative estimate of drug-likeness (QED) is 0.381. The lowest BCUT2D eigenvalue weighted by Gasteiger charge is -2.19. The third kappa shape index (κ3) is 8.91. The summed E-state index contributed by atoms with van der Waals surface area (Å²) in [7, 11) is 2.23. The Morgan fingerprint density at radius 3 is 2.64 bits per heavy atom. The molecule has 5 nitrogen and oxygen atoms in total. The second-order valence-electron chi connectivity index (χ2n) is 7.83. The molecule has 0 atom stereocenters. The van der Waals surface area contributed by atoms with Crippen LogP contribution in [0.4, 0.5) is 0 Å². The van der Waals surface area contributed by atoms with Gasteiger partial charge in [0.15, 0.2) is 5.96 Å². The van der Waals surface area contributed by atoms with Crippen LogP contribution in [0.5, 0.6) is 0 Å². The third-order valence-corrected chi connectivity index (χ3v) is 5.62. The van der Waals surface area contributed by atoms with Gasteiger partial charge in [-0.25, -0.2) is 0 Å². The molecule has 5 heteroatoms. The van der Waals surface area contributed by atoms with E-state index >= 15 is 0 Å². The molecule has 0 bridgehead atoms. The second kappa shape index (κ2) is 12.5. The van der Waals surface area contributed by atoms with E-state index in [1.165, 1.54) is 77.7 Å². The van der Waals surface area contributed by atoms with Crippen molar-refractivity contribution < 1.29 is 0 Å². The van der Waals surface area contributed by atoms with Gasteiger partial charge in [0.2, 0.25) is 0 Å². The fourth-order valence-electron chi connectivity index (χ4n) is 4.05. The zero-order chi connectivity index (χ0) is 17.7. The van der Waals surface area contributed by atoms with E-state index in [1.54, 1.807) is 0 Å². The van der Waals surface area contributed by atoms with Crippen LogP contribution in [-0.2, 0) is 0 Å². The fourth-order valence-corrected chi connectivity index (χ4v) is 4.05. The van der Waals surface area contributed by atoms with Crippen molar-refractivity contribution in [3.63, 3.8) is 0 Å². The first kappa shape index (κ1) is 20.5. The molecule has 2 aliphatic rings. The lowest BCUT2D eigenvalue weighted by atomic mass is 10.0. The highest BCUT2D eigenvalue weighted by atomic mass is 15.2. The van der Waals surface area contributed by atoms with Crippen LogP contribution in [0.2, 0.25) is 0 Å². The standard InChI is InChI=1S/C20H41N5/c1-3-21-20(22-12-6-11-19-9-4-5-10-19)23-13-7-15-25-16-8-14-24(2)17-18-25/h19H,3-18H2,1-2H3,(H2,21,22,23). The first-order valence-electron chi connectivity index (χ1n) is 10.7. The highest BCUT2D eigenvalue weighted by Gasteiger charge is 2.14. The molecule has 146 valence electrons. The molecule has 0 aromatic carbocycles. The topological polar surface area (TPSA) is 42.9 Å². The predicted octanol–water partition coefficient (Wildman–Crippen LogP) is 2.54. The summed E-state index contributed by atoms with van der Waals surface area (Å²) in [6, 6.07) is 0. The lowest BCUT2D eigenvalue weighted by molar-refractivity contribution is 0.275. The normalized spacial score (nSPS) is 21.4. The molecular weight excluding hydrogens is 310 g/mol. The van der Waals surface area contributed by atoms with Gasteiger partial charge in [0, 0.05) is 32.7 Å². The van der Waals surface area contributed by atoms with E-state index in [4.69, 9.17) is 4.99 Å². The molecule has 0 radical (unpaired) electrons. The van der Waals surface area contributed by atoms with Gasteiger partial charge >= 0.3 is 0 Å². The van der Waals surface area contributed by atoms with Crippen LogP contribution in [0.25, 0.3) is 0 Å². The van der Waals surface area contributed by atoms with Gasteiger partial charge in [-0.05, 0) is 65.2 Å². The Hall–Kier alpha value is -0.810. The molecular formula is C20H41N5. The monoisotopic (exact) mass is 351 g/mol. The van der Waals surface area contributed by atoms with E-state index in [1.807, 2.05) is 0 Å². The molecule has 2 fully saturated rings. The van der Waals surface area contributed by atoms with Crippen molar-refractivity contribution in [3.05, 3.63) is 0 Å². The van der Waals surface area contributed by atoms with Crippen LogP contribution in [0.1, 0.15) is 58.3 Å². The SMILES string of the molecule is CCNC(=NCCCN1CCCN(C)CC1)NCCCC1CCCC1. The molecule has 25 heavy (non-hydrogen) atoms. The maximum absolute atomic E-state index is 4.76. The first-order chi connectivity index (χ1) is 12.3. The Balaban J connectivity index is 1.57. The average molecular weight is 352 g/mol. The van der Waals surface area contributed by atoms with E-state index < -0.39 is 0 Å². The number of likely N-dealkylation sites (N-methyl/N-ethyl adjacent to an activating group) is 1. The van der Waals surface area contributed by atoms with Crippen LogP contribution in [0.15, 0.2) is 4.99 Å². The average Bonchev–Trinajstić information content (AvgIpc) is 3.04. The molecule has 2 rings (SSSR count). The van der Waals surface area contributed by atoms with Crippen molar-refractivity contribution in [2.24, 2.45) is 10.9 Å². The molecule has 0 amide bonds. The molecule has 1 aliphatic carbocycles. The Kier molecular flexibility index (Phi) is 10.3. The number of rotatable bonds is 9. The van der Waals surface area contributed by atoms with Crippen molar-refractivity contribution in [1.82, 2.24) is 20.4 Å². The fraction of sp³-hybridized carbons (Fsp3) is 0.950. The van der Waals surface area contributed by atoms with Gasteiger partial charge in [0.1, 0.15) is 0 Å². The maximum Gasteiger partial charge on any atom is 0.191 e. The zero-order valence-corrected chi connectivity index (χ0v) is 16.7. The van der Waals surface area contributed by atoms with Gasteiger partial charge in [-0.2, -0.15) is 0 Å². The summed E-state index contributed by atoms with van der Waals surface area (Å²) < 4.78 is 0. The zero-order valence-electron chi connectivity index (χ0n) is 16.7. The van der Waals surface area contributed by atoms with Gasteiger partial charge in [0.05, 0.1) is 0 Å². The first-order valence-corrected chi connectivity index (χ1v) is 10.7. The van der Waals surface area contributed by atoms with Crippen LogP contribution in [-0.4, -0.2) is 75.2 Å². The van der Waals surface area contributed by atoms with Crippen LogP contribution >= 0.6 is 0 Å². The van der Waals surface area contributed by atoms with E-state index in [0.29, 0.717) is 0 Å². The van der Waals surface area contributed by atoms with Crippen LogP contribution < -0.4 is 10.6 Å². The molecule has 1 saturated heterocycles. The van der Waals surface area contributed by atoms with Crippen molar-refractivity contribution in [1.29, 1.82) is 0 Å². The molecule has 1 saturated carbocycles. The molecule has 0 aromatic rings. The molecule has 0 spiro atoms. The van der Waals surface area contributed by atoms with Gasteiger partial charge in [0.25, 0.3) is 0 Å². The minimum Gasteiger partial charge on any atom is -0.357 e. The smallest absolute Gasteiger partial charge is 0.191 e. The van der Waals surface area contributed by atoms with Crippen molar-refractivity contribution in [3.8, 4) is 0 Å². The number of hydrogen-bond donors (Lipinski definition) is 2. The van der Waals surface area contributed by atoms with E-state index in [9.17, 15) is 0 Å². The van der Waals surface area contributed by atoms with Crippen molar-refractivity contribution in [2.75, 3.05) is 59.4 Å². The van der Waals surface area contributed by atoms with Crippen LogP contribution in [0, 0.1) is 5.92 Å². The van der Waals surface area contributed by atoms with E-state index in [2.05, 4.69) is 34.4 Å². The van der Waals surface area contributed by atoms with Gasteiger partial charge in [-0.3, -0.25) is 4.99 Å². The summed E-state index contributed by atoms with van der Waals surface area (Å²) in [4.78, 5) is 9.80. The predicted molar refractivity (Wildman–Crippen MR) is 108 cm³/mol. The Morgan fingerprint density at radius 1 is 1.00 bits per heavy atom. The van der Waals surface area contributed by atoms with Crippen LogP contribution in [0.3, 0.4) is 0 Å². The second-order valence-corrected chi connectivity index (χ2v) is 7.83. The lowest BCUT2D eigenvalue weighted by Crippen LogP contribution is -2.38. The Labute approximate surface area is 155 Å². The Bertz CT molecular complexity index is 365. The number of nitrogens with one attached hydrogen (secondary N) is 2. The summed E-state index contributed by atoms with van der Waals surface area (Å²) in [5, 5.41) is 6.90. The summed E-state index contributed by atoms with van der Waals surface area (Å²) in [6.45, 7) is 11.1. The number of hydrogen-bond acceptors (Lipinski definition) is 3. The van der Waals surface area contributed by atoms with Gasteiger partial charge in [-0.1, -0.05) is 25.7 Å². The maximum atomic E-state index is 4.76.